The van der Waals surface area contributed by atoms with Crippen molar-refractivity contribution in [3.8, 4) is 11.5 Å². The van der Waals surface area contributed by atoms with E-state index in [0.29, 0.717) is 23.3 Å². The lowest BCUT2D eigenvalue weighted by Gasteiger charge is -2.32. The Labute approximate surface area is 122 Å². The maximum atomic E-state index is 12.1. The number of rotatable bonds is 2. The van der Waals surface area contributed by atoms with E-state index in [9.17, 15) is 4.79 Å². The second-order valence-electron chi connectivity index (χ2n) is 5.58. The van der Waals surface area contributed by atoms with Crippen molar-refractivity contribution in [3.05, 3.63) is 36.4 Å². The van der Waals surface area contributed by atoms with Crippen molar-refractivity contribution in [2.75, 3.05) is 6.61 Å². The summed E-state index contributed by atoms with van der Waals surface area (Å²) in [5, 5.41) is 4.24. The minimum atomic E-state index is -0.651. The summed E-state index contributed by atoms with van der Waals surface area (Å²) >= 11 is 0. The molecule has 1 N–H and O–H groups in total. The van der Waals surface area contributed by atoms with Crippen LogP contribution in [0.5, 0.6) is 11.5 Å². The monoisotopic (exact) mass is 284 g/mol. The predicted octanol–water partition coefficient (Wildman–Crippen LogP) is 1.89. The first-order valence-corrected chi connectivity index (χ1v) is 7.23. The molecule has 1 saturated carbocycles. The van der Waals surface area contributed by atoms with Gasteiger partial charge in [0.15, 0.2) is 11.5 Å². The lowest BCUT2D eigenvalue weighted by molar-refractivity contribution is -0.130. The second kappa shape index (κ2) is 4.91. The van der Waals surface area contributed by atoms with Crippen LogP contribution in [-0.2, 0) is 4.79 Å². The number of hydrogen-bond donors (Lipinski definition) is 1. The molecule has 3 atom stereocenters. The van der Waals surface area contributed by atoms with E-state index in [1.165, 1.54) is 0 Å². The molecule has 5 nitrogen and oxygen atoms in total. The minimum absolute atomic E-state index is 0.210. The van der Waals surface area contributed by atoms with Crippen LogP contribution < -0.4 is 14.9 Å². The number of para-hydroxylation sites is 2. The number of fused-ring (bicyclic) bond motifs is 2. The molecular weight excluding hydrogens is 268 g/mol. The molecule has 0 bridgehead atoms. The zero-order valence-corrected chi connectivity index (χ0v) is 11.5. The fourth-order valence-corrected chi connectivity index (χ4v) is 3.01. The van der Waals surface area contributed by atoms with E-state index in [0.717, 1.165) is 18.6 Å². The van der Waals surface area contributed by atoms with Gasteiger partial charge in [-0.05, 0) is 30.9 Å². The van der Waals surface area contributed by atoms with Gasteiger partial charge in [-0.25, -0.2) is 5.43 Å². The van der Waals surface area contributed by atoms with E-state index in [-0.39, 0.29) is 12.5 Å². The normalized spacial score (nSPS) is 30.7. The lowest BCUT2D eigenvalue weighted by Crippen LogP contribution is -2.43. The molecule has 0 aromatic heterocycles. The Bertz CT molecular complexity index is 638. The van der Waals surface area contributed by atoms with Crippen LogP contribution in [0.25, 0.3) is 0 Å². The molecular formula is C16H16N2O3. The third-order valence-corrected chi connectivity index (χ3v) is 4.27. The van der Waals surface area contributed by atoms with E-state index in [4.69, 9.17) is 9.47 Å². The van der Waals surface area contributed by atoms with Gasteiger partial charge in [0.05, 0.1) is 0 Å². The van der Waals surface area contributed by atoms with Crippen LogP contribution in [0.15, 0.2) is 41.5 Å². The molecule has 1 heterocycles. The van der Waals surface area contributed by atoms with Crippen molar-refractivity contribution in [2.24, 2.45) is 16.9 Å². The van der Waals surface area contributed by atoms with Gasteiger partial charge >= 0.3 is 0 Å². The van der Waals surface area contributed by atoms with Crippen LogP contribution in [0.4, 0.5) is 0 Å². The SMILES string of the molecule is O=C(N/N=C1/C[C@H]2C=CC[C@H]12)[C@@H]1COc2ccccc2O1. The van der Waals surface area contributed by atoms with Gasteiger partial charge in [-0.15, -0.1) is 0 Å². The second-order valence-corrected chi connectivity index (χ2v) is 5.58. The molecule has 5 heteroatoms. The number of carbonyl (C=O) groups is 1. The number of amides is 1. The Morgan fingerprint density at radius 3 is 3.00 bits per heavy atom. The smallest absolute Gasteiger partial charge is 0.284 e. The summed E-state index contributed by atoms with van der Waals surface area (Å²) in [4.78, 5) is 12.1. The molecule has 108 valence electrons. The van der Waals surface area contributed by atoms with Crippen LogP contribution >= 0.6 is 0 Å². The first kappa shape index (κ1) is 12.4. The number of carbonyl (C=O) groups excluding carboxylic acids is 1. The molecule has 0 spiro atoms. The summed E-state index contributed by atoms with van der Waals surface area (Å²) in [5.74, 6) is 2.13. The van der Waals surface area contributed by atoms with E-state index in [1.807, 2.05) is 18.2 Å². The number of hydrogen-bond acceptors (Lipinski definition) is 4. The molecule has 21 heavy (non-hydrogen) atoms. The zero-order valence-electron chi connectivity index (χ0n) is 11.5. The van der Waals surface area contributed by atoms with E-state index in [2.05, 4.69) is 22.7 Å². The number of allylic oxidation sites excluding steroid dienone is 2. The number of benzene rings is 1. The van der Waals surface area contributed by atoms with Gasteiger partial charge in [-0.3, -0.25) is 4.79 Å². The minimum Gasteiger partial charge on any atom is -0.485 e. The van der Waals surface area contributed by atoms with Gasteiger partial charge in [-0.2, -0.15) is 5.10 Å². The first-order chi connectivity index (χ1) is 10.3. The third-order valence-electron chi connectivity index (χ3n) is 4.27. The van der Waals surface area contributed by atoms with E-state index < -0.39 is 6.10 Å². The van der Waals surface area contributed by atoms with Gasteiger partial charge in [0.1, 0.15) is 6.61 Å². The van der Waals surface area contributed by atoms with Gasteiger partial charge in [0.2, 0.25) is 6.10 Å². The van der Waals surface area contributed by atoms with E-state index in [1.54, 1.807) is 6.07 Å². The molecule has 1 amide bonds. The average Bonchev–Trinajstić information content (AvgIpc) is 2.88. The Hall–Kier alpha value is -2.30. The molecule has 1 fully saturated rings. The summed E-state index contributed by atoms with van der Waals surface area (Å²) in [5.41, 5.74) is 3.69. The fraction of sp³-hybridized carbons (Fsp3) is 0.375. The third kappa shape index (κ3) is 2.18. The Morgan fingerprint density at radius 1 is 1.29 bits per heavy atom. The highest BCUT2D eigenvalue weighted by Crippen LogP contribution is 2.40. The highest BCUT2D eigenvalue weighted by Gasteiger charge is 2.38. The van der Waals surface area contributed by atoms with E-state index >= 15 is 0 Å². The molecule has 1 aliphatic heterocycles. The van der Waals surface area contributed by atoms with Gasteiger partial charge in [0.25, 0.3) is 5.91 Å². The Balaban J connectivity index is 1.37. The van der Waals surface area contributed by atoms with Gasteiger partial charge in [0, 0.05) is 11.6 Å². The van der Waals surface area contributed by atoms with Gasteiger partial charge < -0.3 is 9.47 Å². The highest BCUT2D eigenvalue weighted by atomic mass is 16.6. The molecule has 4 rings (SSSR count). The summed E-state index contributed by atoms with van der Waals surface area (Å²) in [6.07, 6.45) is 5.76. The maximum absolute atomic E-state index is 12.1. The van der Waals surface area contributed by atoms with Crippen LogP contribution in [0.2, 0.25) is 0 Å². The molecule has 2 aliphatic carbocycles. The quantitative estimate of drug-likeness (QED) is 0.666. The maximum Gasteiger partial charge on any atom is 0.284 e. The van der Waals surface area contributed by atoms with Crippen LogP contribution in [0.3, 0.4) is 0 Å². The molecule has 0 unspecified atom stereocenters. The number of ether oxygens (including phenoxy) is 2. The molecule has 0 radical (unpaired) electrons. The molecule has 1 aromatic carbocycles. The van der Waals surface area contributed by atoms with Crippen molar-refractivity contribution >= 4 is 11.6 Å². The topological polar surface area (TPSA) is 59.9 Å². The Morgan fingerprint density at radius 2 is 2.14 bits per heavy atom. The van der Waals surface area contributed by atoms with Crippen LogP contribution in [0.1, 0.15) is 12.8 Å². The van der Waals surface area contributed by atoms with Crippen LogP contribution in [-0.4, -0.2) is 24.3 Å². The van der Waals surface area contributed by atoms with Crippen molar-refractivity contribution in [1.29, 1.82) is 0 Å². The summed E-state index contributed by atoms with van der Waals surface area (Å²) in [6, 6.07) is 7.34. The highest BCUT2D eigenvalue weighted by molar-refractivity contribution is 5.95. The molecule has 0 saturated heterocycles. The van der Waals surface area contributed by atoms with Crippen molar-refractivity contribution in [3.63, 3.8) is 0 Å². The predicted molar refractivity (Wildman–Crippen MR) is 77.3 cm³/mol. The van der Waals surface area contributed by atoms with Crippen molar-refractivity contribution in [1.82, 2.24) is 5.43 Å². The zero-order chi connectivity index (χ0) is 14.2. The number of nitrogens with one attached hydrogen (secondary N) is 1. The van der Waals surface area contributed by atoms with Crippen molar-refractivity contribution < 1.29 is 14.3 Å². The average molecular weight is 284 g/mol. The van der Waals surface area contributed by atoms with Crippen molar-refractivity contribution in [2.45, 2.75) is 18.9 Å². The molecule has 1 aromatic rings. The lowest BCUT2D eigenvalue weighted by atomic mass is 9.74. The fourth-order valence-electron chi connectivity index (χ4n) is 3.01. The summed E-state index contributed by atoms with van der Waals surface area (Å²) < 4.78 is 11.2. The summed E-state index contributed by atoms with van der Waals surface area (Å²) in [6.45, 7) is 0.210. The van der Waals surface area contributed by atoms with Gasteiger partial charge in [-0.1, -0.05) is 24.3 Å². The number of hydrazone groups is 1. The standard InChI is InChI=1S/C16H16N2O3/c19-16(18-17-12-8-10-4-3-5-11(10)12)15-9-20-13-6-1-2-7-14(13)21-15/h1-4,6-7,10-11,15H,5,8-9H2,(H,18,19)/b17-12-/t10-,11+,15+/m1/s1. The summed E-state index contributed by atoms with van der Waals surface area (Å²) in [7, 11) is 0. The largest absolute Gasteiger partial charge is 0.485 e. The Kier molecular flexibility index (Phi) is 2.91. The van der Waals surface area contributed by atoms with Crippen LogP contribution in [0, 0.1) is 11.8 Å². The molecule has 3 aliphatic rings. The first-order valence-electron chi connectivity index (χ1n) is 7.23. The number of nitrogens with zero attached hydrogens (tertiary/aromatic N) is 1.